The number of unbranched alkanes of at least 4 members (excludes halogenated alkanes) is 1. The van der Waals surface area contributed by atoms with Crippen LogP contribution < -0.4 is 5.32 Å². The first kappa shape index (κ1) is 17.5. The molecule has 5 heteroatoms. The second kappa shape index (κ2) is 8.67. The number of hydrogen-bond acceptors (Lipinski definition) is 3. The van der Waals surface area contributed by atoms with E-state index < -0.39 is 0 Å². The summed E-state index contributed by atoms with van der Waals surface area (Å²) < 4.78 is 0. The van der Waals surface area contributed by atoms with Gasteiger partial charge in [-0.25, -0.2) is 0 Å². The molecule has 1 aliphatic rings. The number of piperazine rings is 1. The molecule has 1 aromatic carbocycles. The summed E-state index contributed by atoms with van der Waals surface area (Å²) in [5.41, 5.74) is 1.79. The van der Waals surface area contributed by atoms with Crippen LogP contribution in [0.15, 0.2) is 24.3 Å². The number of amides is 2. The first-order valence-electron chi connectivity index (χ1n) is 8.45. The maximum Gasteiger partial charge on any atom is 0.254 e. The normalized spacial score (nSPS) is 15.5. The van der Waals surface area contributed by atoms with Gasteiger partial charge in [-0.2, -0.15) is 0 Å². The molecule has 1 aliphatic heterocycles. The molecule has 1 fully saturated rings. The minimum absolute atomic E-state index is 0.0807. The third kappa shape index (κ3) is 5.06. The van der Waals surface area contributed by atoms with Gasteiger partial charge >= 0.3 is 0 Å². The smallest absolute Gasteiger partial charge is 0.254 e. The van der Waals surface area contributed by atoms with Gasteiger partial charge in [0.15, 0.2) is 0 Å². The van der Waals surface area contributed by atoms with E-state index in [0.29, 0.717) is 19.6 Å². The molecule has 23 heavy (non-hydrogen) atoms. The Kier molecular flexibility index (Phi) is 6.59. The quantitative estimate of drug-likeness (QED) is 0.812. The Morgan fingerprint density at radius 3 is 2.48 bits per heavy atom. The Morgan fingerprint density at radius 2 is 1.83 bits per heavy atom. The number of aryl methyl sites for hydroxylation is 1. The molecule has 5 nitrogen and oxygen atoms in total. The molecule has 0 spiro atoms. The van der Waals surface area contributed by atoms with Crippen LogP contribution >= 0.6 is 0 Å². The van der Waals surface area contributed by atoms with E-state index >= 15 is 0 Å². The molecule has 0 aliphatic carbocycles. The van der Waals surface area contributed by atoms with Crippen molar-refractivity contribution in [3.05, 3.63) is 35.4 Å². The molecule has 0 radical (unpaired) electrons. The molecule has 2 amide bonds. The predicted molar refractivity (Wildman–Crippen MR) is 91.4 cm³/mol. The average Bonchev–Trinajstić information content (AvgIpc) is 2.56. The van der Waals surface area contributed by atoms with Crippen molar-refractivity contribution in [1.29, 1.82) is 0 Å². The number of carbonyl (C=O) groups is 2. The van der Waals surface area contributed by atoms with Crippen LogP contribution in [0.4, 0.5) is 0 Å². The standard InChI is InChI=1S/C18H27N3O2/c1-3-4-9-19-17(22)14-20-10-12-21(13-11-20)18(23)16-8-6-5-7-15(16)2/h5-8H,3-4,9-14H2,1-2H3,(H,19,22). The molecule has 126 valence electrons. The van der Waals surface area contributed by atoms with Gasteiger partial charge in [-0.3, -0.25) is 14.5 Å². The lowest BCUT2D eigenvalue weighted by molar-refractivity contribution is -0.122. The molecule has 1 N–H and O–H groups in total. The van der Waals surface area contributed by atoms with Gasteiger partial charge in [0.05, 0.1) is 6.54 Å². The Hall–Kier alpha value is -1.88. The van der Waals surface area contributed by atoms with Crippen molar-refractivity contribution in [3.8, 4) is 0 Å². The van der Waals surface area contributed by atoms with Crippen molar-refractivity contribution < 1.29 is 9.59 Å². The minimum Gasteiger partial charge on any atom is -0.355 e. The van der Waals surface area contributed by atoms with Crippen LogP contribution in [0.1, 0.15) is 35.7 Å². The van der Waals surface area contributed by atoms with Crippen LogP contribution in [0.5, 0.6) is 0 Å². The lowest BCUT2D eigenvalue weighted by atomic mass is 10.1. The molecule has 1 saturated heterocycles. The highest BCUT2D eigenvalue weighted by atomic mass is 16.2. The summed E-state index contributed by atoms with van der Waals surface area (Å²) in [6, 6.07) is 7.69. The van der Waals surface area contributed by atoms with Crippen LogP contribution in [-0.4, -0.2) is 60.9 Å². The summed E-state index contributed by atoms with van der Waals surface area (Å²) in [6.07, 6.45) is 2.10. The molecular formula is C18H27N3O2. The Bertz CT molecular complexity index is 537. The lowest BCUT2D eigenvalue weighted by Gasteiger charge is -2.34. The van der Waals surface area contributed by atoms with E-state index in [4.69, 9.17) is 0 Å². The van der Waals surface area contributed by atoms with Crippen molar-refractivity contribution in [2.24, 2.45) is 0 Å². The molecule has 2 rings (SSSR count). The molecular weight excluding hydrogens is 290 g/mol. The fourth-order valence-electron chi connectivity index (χ4n) is 2.76. The highest BCUT2D eigenvalue weighted by molar-refractivity contribution is 5.95. The van der Waals surface area contributed by atoms with E-state index in [9.17, 15) is 9.59 Å². The van der Waals surface area contributed by atoms with Gasteiger partial charge in [0.1, 0.15) is 0 Å². The summed E-state index contributed by atoms with van der Waals surface area (Å²) in [7, 11) is 0. The topological polar surface area (TPSA) is 52.7 Å². The van der Waals surface area contributed by atoms with E-state index in [1.54, 1.807) is 0 Å². The maximum absolute atomic E-state index is 12.6. The largest absolute Gasteiger partial charge is 0.355 e. The van der Waals surface area contributed by atoms with E-state index in [2.05, 4.69) is 17.1 Å². The van der Waals surface area contributed by atoms with E-state index in [1.165, 1.54) is 0 Å². The molecule has 0 aromatic heterocycles. The first-order valence-corrected chi connectivity index (χ1v) is 8.45. The van der Waals surface area contributed by atoms with Crippen molar-refractivity contribution in [3.63, 3.8) is 0 Å². The van der Waals surface area contributed by atoms with E-state index in [1.807, 2.05) is 36.1 Å². The fourth-order valence-corrected chi connectivity index (χ4v) is 2.76. The Labute approximate surface area is 138 Å². The zero-order valence-corrected chi connectivity index (χ0v) is 14.2. The monoisotopic (exact) mass is 317 g/mol. The molecule has 1 aromatic rings. The number of rotatable bonds is 6. The highest BCUT2D eigenvalue weighted by Gasteiger charge is 2.23. The van der Waals surface area contributed by atoms with Crippen LogP contribution in [-0.2, 0) is 4.79 Å². The molecule has 0 saturated carbocycles. The van der Waals surface area contributed by atoms with Crippen LogP contribution in [0.2, 0.25) is 0 Å². The molecule has 0 bridgehead atoms. The van der Waals surface area contributed by atoms with Crippen LogP contribution in [0.25, 0.3) is 0 Å². The van der Waals surface area contributed by atoms with Crippen molar-refractivity contribution in [2.75, 3.05) is 39.3 Å². The second-order valence-electron chi connectivity index (χ2n) is 6.09. The number of hydrogen-bond donors (Lipinski definition) is 1. The van der Waals surface area contributed by atoms with Crippen molar-refractivity contribution >= 4 is 11.8 Å². The van der Waals surface area contributed by atoms with E-state index in [-0.39, 0.29) is 11.8 Å². The summed E-state index contributed by atoms with van der Waals surface area (Å²) in [5, 5.41) is 2.94. The summed E-state index contributed by atoms with van der Waals surface area (Å²) in [5.74, 6) is 0.173. The zero-order chi connectivity index (χ0) is 16.7. The maximum atomic E-state index is 12.6. The number of benzene rings is 1. The zero-order valence-electron chi connectivity index (χ0n) is 14.2. The third-order valence-electron chi connectivity index (χ3n) is 4.25. The molecule has 0 unspecified atom stereocenters. The highest BCUT2D eigenvalue weighted by Crippen LogP contribution is 2.12. The number of nitrogens with one attached hydrogen (secondary N) is 1. The van der Waals surface area contributed by atoms with Crippen LogP contribution in [0, 0.1) is 6.92 Å². The summed E-state index contributed by atoms with van der Waals surface area (Å²) in [4.78, 5) is 28.4. The van der Waals surface area contributed by atoms with Crippen molar-refractivity contribution in [1.82, 2.24) is 15.1 Å². The van der Waals surface area contributed by atoms with Gasteiger partial charge in [0.2, 0.25) is 5.91 Å². The minimum atomic E-state index is 0.0807. The van der Waals surface area contributed by atoms with Gasteiger partial charge in [-0.05, 0) is 25.0 Å². The van der Waals surface area contributed by atoms with Gasteiger partial charge in [-0.1, -0.05) is 31.5 Å². The number of nitrogens with zero attached hydrogens (tertiary/aromatic N) is 2. The van der Waals surface area contributed by atoms with Crippen LogP contribution in [0.3, 0.4) is 0 Å². The molecule has 1 heterocycles. The molecule has 0 atom stereocenters. The second-order valence-corrected chi connectivity index (χ2v) is 6.09. The first-order chi connectivity index (χ1) is 11.1. The van der Waals surface area contributed by atoms with Gasteiger partial charge in [0.25, 0.3) is 5.91 Å². The SMILES string of the molecule is CCCCNC(=O)CN1CCN(C(=O)c2ccccc2C)CC1. The Morgan fingerprint density at radius 1 is 1.13 bits per heavy atom. The average molecular weight is 317 g/mol. The number of carbonyl (C=O) groups excluding carboxylic acids is 2. The van der Waals surface area contributed by atoms with Gasteiger partial charge < -0.3 is 10.2 Å². The summed E-state index contributed by atoms with van der Waals surface area (Å²) in [6.45, 7) is 8.10. The van der Waals surface area contributed by atoms with E-state index in [0.717, 1.165) is 43.6 Å². The van der Waals surface area contributed by atoms with Crippen molar-refractivity contribution in [2.45, 2.75) is 26.7 Å². The fraction of sp³-hybridized carbons (Fsp3) is 0.556. The third-order valence-corrected chi connectivity index (χ3v) is 4.25. The lowest BCUT2D eigenvalue weighted by Crippen LogP contribution is -2.51. The summed E-state index contributed by atoms with van der Waals surface area (Å²) >= 11 is 0. The predicted octanol–water partition coefficient (Wildman–Crippen LogP) is 1.67. The van der Waals surface area contributed by atoms with Gasteiger partial charge in [-0.15, -0.1) is 0 Å². The van der Waals surface area contributed by atoms with Gasteiger partial charge in [0, 0.05) is 38.3 Å². The Balaban J connectivity index is 1.79.